The molecular weight excluding hydrogens is 194 g/mol. The number of amides is 1. The first-order chi connectivity index (χ1) is 7.11. The van der Waals surface area contributed by atoms with Gasteiger partial charge < -0.3 is 9.64 Å². The van der Waals surface area contributed by atoms with Crippen LogP contribution in [0.3, 0.4) is 0 Å². The third kappa shape index (κ3) is 1.58. The van der Waals surface area contributed by atoms with Crippen molar-refractivity contribution in [3.63, 3.8) is 0 Å². The van der Waals surface area contributed by atoms with Crippen molar-refractivity contribution < 1.29 is 9.53 Å². The van der Waals surface area contributed by atoms with Gasteiger partial charge in [0, 0.05) is 32.6 Å². The van der Waals surface area contributed by atoms with Gasteiger partial charge in [-0.05, 0) is 6.92 Å². The summed E-state index contributed by atoms with van der Waals surface area (Å²) in [4.78, 5) is 13.3. The normalized spacial score (nSPS) is 14.3. The fourth-order valence-corrected chi connectivity index (χ4v) is 1.67. The van der Waals surface area contributed by atoms with Gasteiger partial charge in [0.15, 0.2) is 5.69 Å². The second-order valence-corrected chi connectivity index (χ2v) is 3.90. The zero-order valence-electron chi connectivity index (χ0n) is 9.28. The summed E-state index contributed by atoms with van der Waals surface area (Å²) in [7, 11) is 3.45. The fraction of sp³-hybridized carbons (Fsp3) is 0.600. The van der Waals surface area contributed by atoms with Crippen molar-refractivity contribution in [2.24, 2.45) is 0 Å². The zero-order chi connectivity index (χ0) is 11.0. The molecule has 15 heavy (non-hydrogen) atoms. The Morgan fingerprint density at radius 1 is 1.53 bits per heavy atom. The van der Waals surface area contributed by atoms with Crippen LogP contribution in [0.4, 0.5) is 0 Å². The number of aryl methyl sites for hydroxylation is 1. The molecule has 0 aliphatic carbocycles. The summed E-state index contributed by atoms with van der Waals surface area (Å²) in [6.07, 6.45) is 0.948. The number of hydrogen-bond donors (Lipinski definition) is 0. The SMILES string of the molecule is Cc1c(C(=O)N(C)C)nn2c1OCCC2. The first-order valence-corrected chi connectivity index (χ1v) is 5.03. The van der Waals surface area contributed by atoms with E-state index in [1.54, 1.807) is 18.8 Å². The molecule has 0 saturated heterocycles. The number of carbonyl (C=O) groups is 1. The van der Waals surface area contributed by atoms with Gasteiger partial charge in [0.25, 0.3) is 5.91 Å². The van der Waals surface area contributed by atoms with Crippen molar-refractivity contribution in [1.82, 2.24) is 14.7 Å². The van der Waals surface area contributed by atoms with Crippen molar-refractivity contribution in [2.45, 2.75) is 19.9 Å². The number of carbonyl (C=O) groups excluding carboxylic acids is 1. The maximum atomic E-state index is 11.8. The van der Waals surface area contributed by atoms with Gasteiger partial charge in [-0.15, -0.1) is 0 Å². The lowest BCUT2D eigenvalue weighted by Gasteiger charge is -2.14. The minimum Gasteiger partial charge on any atom is -0.478 e. The van der Waals surface area contributed by atoms with Crippen molar-refractivity contribution in [1.29, 1.82) is 0 Å². The predicted molar refractivity (Wildman–Crippen MR) is 55.1 cm³/mol. The molecule has 0 saturated carbocycles. The first kappa shape index (κ1) is 10.0. The lowest BCUT2D eigenvalue weighted by molar-refractivity contribution is 0.0820. The van der Waals surface area contributed by atoms with Crippen LogP contribution in [0.15, 0.2) is 0 Å². The third-order valence-corrected chi connectivity index (χ3v) is 2.49. The fourth-order valence-electron chi connectivity index (χ4n) is 1.67. The molecule has 0 atom stereocenters. The summed E-state index contributed by atoms with van der Waals surface area (Å²) in [5, 5.41) is 4.27. The first-order valence-electron chi connectivity index (χ1n) is 5.03. The molecule has 0 radical (unpaired) electrons. The number of aromatic nitrogens is 2. The molecule has 0 bridgehead atoms. The average molecular weight is 209 g/mol. The monoisotopic (exact) mass is 209 g/mol. The van der Waals surface area contributed by atoms with Crippen LogP contribution in [0, 0.1) is 6.92 Å². The molecule has 2 heterocycles. The molecule has 0 N–H and O–H groups in total. The lowest BCUT2D eigenvalue weighted by Crippen LogP contribution is -2.23. The summed E-state index contributed by atoms with van der Waals surface area (Å²) >= 11 is 0. The molecule has 1 aromatic rings. The summed E-state index contributed by atoms with van der Waals surface area (Å²) in [6, 6.07) is 0. The van der Waals surface area contributed by atoms with Crippen molar-refractivity contribution in [2.75, 3.05) is 20.7 Å². The van der Waals surface area contributed by atoms with E-state index in [1.807, 2.05) is 6.92 Å². The zero-order valence-corrected chi connectivity index (χ0v) is 9.28. The highest BCUT2D eigenvalue weighted by Gasteiger charge is 2.23. The average Bonchev–Trinajstić information content (AvgIpc) is 2.56. The molecule has 1 amide bonds. The Morgan fingerprint density at radius 3 is 2.87 bits per heavy atom. The van der Waals surface area contributed by atoms with Gasteiger partial charge in [-0.1, -0.05) is 0 Å². The van der Waals surface area contributed by atoms with E-state index in [2.05, 4.69) is 5.10 Å². The Hall–Kier alpha value is -1.52. The van der Waals surface area contributed by atoms with E-state index in [0.29, 0.717) is 12.3 Å². The Kier molecular flexibility index (Phi) is 2.38. The van der Waals surface area contributed by atoms with Gasteiger partial charge in [0.05, 0.1) is 6.61 Å². The largest absolute Gasteiger partial charge is 0.478 e. The van der Waals surface area contributed by atoms with Crippen molar-refractivity contribution in [3.05, 3.63) is 11.3 Å². The van der Waals surface area contributed by atoms with Gasteiger partial charge in [-0.25, -0.2) is 4.68 Å². The molecule has 5 nitrogen and oxygen atoms in total. The summed E-state index contributed by atoms with van der Waals surface area (Å²) in [6.45, 7) is 3.42. The summed E-state index contributed by atoms with van der Waals surface area (Å²) in [5.74, 6) is 0.671. The van der Waals surface area contributed by atoms with Crippen LogP contribution in [0.1, 0.15) is 22.5 Å². The van der Waals surface area contributed by atoms with Crippen LogP contribution >= 0.6 is 0 Å². The van der Waals surface area contributed by atoms with Crippen LogP contribution in [0.5, 0.6) is 5.88 Å². The van der Waals surface area contributed by atoms with Crippen molar-refractivity contribution in [3.8, 4) is 5.88 Å². The summed E-state index contributed by atoms with van der Waals surface area (Å²) < 4.78 is 7.27. The van der Waals surface area contributed by atoms with Gasteiger partial charge in [-0.3, -0.25) is 4.79 Å². The second kappa shape index (κ2) is 3.56. The van der Waals surface area contributed by atoms with Crippen LogP contribution in [0.25, 0.3) is 0 Å². The predicted octanol–water partition coefficient (Wildman–Crippen LogP) is 0.676. The van der Waals surface area contributed by atoms with Gasteiger partial charge in [-0.2, -0.15) is 5.10 Å². The smallest absolute Gasteiger partial charge is 0.274 e. The molecule has 1 aliphatic heterocycles. The molecule has 5 heteroatoms. The molecule has 82 valence electrons. The molecular formula is C10H15N3O2. The number of nitrogens with zero attached hydrogens (tertiary/aromatic N) is 3. The topological polar surface area (TPSA) is 47.4 Å². The molecule has 0 fully saturated rings. The molecule has 1 aromatic heterocycles. The van der Waals surface area contributed by atoms with E-state index >= 15 is 0 Å². The number of ether oxygens (including phenoxy) is 1. The quantitative estimate of drug-likeness (QED) is 0.683. The molecule has 0 unspecified atom stereocenters. The standard InChI is InChI=1S/C10H15N3O2/c1-7-8(9(14)12(2)3)11-13-5-4-6-15-10(7)13/h4-6H2,1-3H3. The maximum Gasteiger partial charge on any atom is 0.274 e. The van der Waals surface area contributed by atoms with E-state index < -0.39 is 0 Å². The maximum absolute atomic E-state index is 11.8. The third-order valence-electron chi connectivity index (χ3n) is 2.49. The number of rotatable bonds is 1. The van der Waals surface area contributed by atoms with E-state index in [1.165, 1.54) is 4.90 Å². The summed E-state index contributed by atoms with van der Waals surface area (Å²) in [5.41, 5.74) is 1.34. The van der Waals surface area contributed by atoms with Gasteiger partial charge >= 0.3 is 0 Å². The van der Waals surface area contributed by atoms with Crippen LogP contribution in [-0.4, -0.2) is 41.3 Å². The molecule has 0 aromatic carbocycles. The van der Waals surface area contributed by atoms with Crippen LogP contribution in [0.2, 0.25) is 0 Å². The molecule has 1 aliphatic rings. The Bertz CT molecular complexity index is 396. The minimum atomic E-state index is -0.0713. The highest BCUT2D eigenvalue weighted by molar-refractivity contribution is 5.93. The Balaban J connectivity index is 2.41. The minimum absolute atomic E-state index is 0.0713. The lowest BCUT2D eigenvalue weighted by atomic mass is 10.2. The molecule has 2 rings (SSSR count). The van der Waals surface area contributed by atoms with Crippen LogP contribution in [-0.2, 0) is 6.54 Å². The van der Waals surface area contributed by atoms with E-state index in [4.69, 9.17) is 4.74 Å². The van der Waals surface area contributed by atoms with Crippen molar-refractivity contribution >= 4 is 5.91 Å². The highest BCUT2D eigenvalue weighted by atomic mass is 16.5. The van der Waals surface area contributed by atoms with Gasteiger partial charge in [0.1, 0.15) is 0 Å². The highest BCUT2D eigenvalue weighted by Crippen LogP contribution is 2.25. The Labute approximate surface area is 88.6 Å². The van der Waals surface area contributed by atoms with Crippen LogP contribution < -0.4 is 4.74 Å². The van der Waals surface area contributed by atoms with E-state index in [9.17, 15) is 4.79 Å². The molecule has 0 spiro atoms. The Morgan fingerprint density at radius 2 is 2.27 bits per heavy atom. The van der Waals surface area contributed by atoms with E-state index in [0.717, 1.165) is 24.4 Å². The second-order valence-electron chi connectivity index (χ2n) is 3.90. The number of fused-ring (bicyclic) bond motifs is 1. The van der Waals surface area contributed by atoms with Gasteiger partial charge in [0.2, 0.25) is 5.88 Å². The number of hydrogen-bond acceptors (Lipinski definition) is 3. The van der Waals surface area contributed by atoms with E-state index in [-0.39, 0.29) is 5.91 Å².